The van der Waals surface area contributed by atoms with Crippen LogP contribution in [0.25, 0.3) is 0 Å². The Morgan fingerprint density at radius 3 is 2.38 bits per heavy atom. The van der Waals surface area contributed by atoms with Crippen molar-refractivity contribution in [3.8, 4) is 11.5 Å². The zero-order chi connectivity index (χ0) is 18.1. The maximum Gasteiger partial charge on any atom is 0.337 e. The molecule has 0 aliphatic rings. The van der Waals surface area contributed by atoms with E-state index < -0.39 is 5.97 Å². The third kappa shape index (κ3) is 6.48. The maximum absolute atomic E-state index is 11.9. The van der Waals surface area contributed by atoms with E-state index >= 15 is 0 Å². The minimum Gasteiger partial charge on any atom is -0.493 e. The van der Waals surface area contributed by atoms with E-state index in [-0.39, 0.29) is 18.6 Å². The number of methoxy groups -OCH3 is 2. The molecule has 134 valence electrons. The van der Waals surface area contributed by atoms with Gasteiger partial charge in [0.2, 0.25) is 0 Å². The highest BCUT2D eigenvalue weighted by molar-refractivity contribution is 5.90. The number of carbonyl (C=O) groups excluding carboxylic acids is 2. The Kier molecular flexibility index (Phi) is 8.09. The minimum atomic E-state index is -0.462. The van der Waals surface area contributed by atoms with Crippen LogP contribution in [0.5, 0.6) is 11.5 Å². The number of hydrogen-bond acceptors (Lipinski definition) is 5. The van der Waals surface area contributed by atoms with Gasteiger partial charge >= 0.3 is 5.97 Å². The zero-order valence-corrected chi connectivity index (χ0v) is 15.0. The van der Waals surface area contributed by atoms with Gasteiger partial charge in [-0.25, -0.2) is 4.79 Å². The van der Waals surface area contributed by atoms with Gasteiger partial charge in [0.25, 0.3) is 5.91 Å². The highest BCUT2D eigenvalue weighted by Gasteiger charge is 2.13. The number of hydrogen-bond donors (Lipinski definition) is 1. The van der Waals surface area contributed by atoms with Crippen LogP contribution >= 0.6 is 0 Å². The van der Waals surface area contributed by atoms with Crippen LogP contribution in [0.1, 0.15) is 44.0 Å². The summed E-state index contributed by atoms with van der Waals surface area (Å²) in [5.74, 6) is 0.730. The van der Waals surface area contributed by atoms with Gasteiger partial charge in [-0.15, -0.1) is 0 Å². The number of rotatable bonds is 9. The van der Waals surface area contributed by atoms with Crippen molar-refractivity contribution in [2.24, 2.45) is 5.92 Å². The summed E-state index contributed by atoms with van der Waals surface area (Å²) >= 11 is 0. The van der Waals surface area contributed by atoms with Crippen LogP contribution in [0.4, 0.5) is 0 Å². The Hall–Kier alpha value is -2.24. The van der Waals surface area contributed by atoms with Crippen LogP contribution in [0.2, 0.25) is 0 Å². The Balaban J connectivity index is 2.57. The van der Waals surface area contributed by atoms with Gasteiger partial charge in [-0.1, -0.05) is 13.8 Å². The van der Waals surface area contributed by atoms with Crippen molar-refractivity contribution < 1.29 is 23.8 Å². The quantitative estimate of drug-likeness (QED) is 0.701. The van der Waals surface area contributed by atoms with Crippen molar-refractivity contribution in [2.75, 3.05) is 20.8 Å². The van der Waals surface area contributed by atoms with E-state index in [1.54, 1.807) is 12.1 Å². The Morgan fingerprint density at radius 2 is 1.79 bits per heavy atom. The second-order valence-electron chi connectivity index (χ2n) is 6.09. The largest absolute Gasteiger partial charge is 0.493 e. The van der Waals surface area contributed by atoms with Crippen molar-refractivity contribution in [1.82, 2.24) is 5.32 Å². The number of amides is 1. The van der Waals surface area contributed by atoms with E-state index in [1.807, 2.05) is 6.92 Å². The number of carbonyl (C=O) groups is 2. The fourth-order valence-corrected chi connectivity index (χ4v) is 2.15. The lowest BCUT2D eigenvalue weighted by atomic mass is 10.0. The fourth-order valence-electron chi connectivity index (χ4n) is 2.15. The Morgan fingerprint density at radius 1 is 1.08 bits per heavy atom. The summed E-state index contributed by atoms with van der Waals surface area (Å²) in [6.07, 6.45) is 1.99. The molecule has 0 fully saturated rings. The van der Waals surface area contributed by atoms with Gasteiger partial charge in [-0.05, 0) is 43.9 Å². The second-order valence-corrected chi connectivity index (χ2v) is 6.09. The van der Waals surface area contributed by atoms with Gasteiger partial charge in [0.05, 0.1) is 19.8 Å². The number of ether oxygens (including phenoxy) is 3. The number of nitrogens with one attached hydrogen (secondary N) is 1. The summed E-state index contributed by atoms with van der Waals surface area (Å²) in [4.78, 5) is 23.4. The Labute approximate surface area is 143 Å². The molecule has 0 heterocycles. The molecular weight excluding hydrogens is 310 g/mol. The van der Waals surface area contributed by atoms with Crippen LogP contribution in [-0.4, -0.2) is 38.7 Å². The van der Waals surface area contributed by atoms with E-state index in [0.29, 0.717) is 23.0 Å². The average molecular weight is 337 g/mol. The standard InChI is InChI=1S/C18H27NO5/c1-12(2)6-7-13(3)19-17(20)11-24-15-9-8-14(18(21)23-5)10-16(15)22-4/h8-10,12-13H,6-7,11H2,1-5H3,(H,19,20)/t13-/m0/s1. The van der Waals surface area contributed by atoms with Crippen molar-refractivity contribution in [2.45, 2.75) is 39.7 Å². The van der Waals surface area contributed by atoms with Gasteiger partial charge in [-0.2, -0.15) is 0 Å². The van der Waals surface area contributed by atoms with E-state index in [2.05, 4.69) is 23.9 Å². The fraction of sp³-hybridized carbons (Fsp3) is 0.556. The van der Waals surface area contributed by atoms with E-state index in [9.17, 15) is 9.59 Å². The minimum absolute atomic E-state index is 0.104. The lowest BCUT2D eigenvalue weighted by Gasteiger charge is -2.16. The molecule has 0 aliphatic carbocycles. The molecule has 0 saturated carbocycles. The summed E-state index contributed by atoms with van der Waals surface area (Å²) in [7, 11) is 2.78. The van der Waals surface area contributed by atoms with Crippen LogP contribution in [0.3, 0.4) is 0 Å². The predicted molar refractivity (Wildman–Crippen MR) is 91.5 cm³/mol. The van der Waals surface area contributed by atoms with Gasteiger partial charge in [0, 0.05) is 6.04 Å². The molecule has 0 saturated heterocycles. The first-order valence-electron chi connectivity index (χ1n) is 8.05. The first kappa shape index (κ1) is 19.8. The molecule has 0 aromatic heterocycles. The third-order valence-corrected chi connectivity index (χ3v) is 3.53. The molecule has 0 bridgehead atoms. The normalized spacial score (nSPS) is 11.8. The summed E-state index contributed by atoms with van der Waals surface area (Å²) in [5, 5.41) is 2.90. The van der Waals surface area contributed by atoms with Crippen molar-refractivity contribution in [3.63, 3.8) is 0 Å². The maximum atomic E-state index is 11.9. The van der Waals surface area contributed by atoms with E-state index in [1.165, 1.54) is 20.3 Å². The first-order valence-corrected chi connectivity index (χ1v) is 8.05. The SMILES string of the molecule is COC(=O)c1ccc(OCC(=O)N[C@@H](C)CCC(C)C)c(OC)c1. The molecule has 1 aromatic rings. The predicted octanol–water partition coefficient (Wildman–Crippen LogP) is 2.80. The second kappa shape index (κ2) is 9.80. The summed E-state index contributed by atoms with van der Waals surface area (Å²) < 4.78 is 15.3. The molecule has 6 nitrogen and oxygen atoms in total. The molecule has 1 N–H and O–H groups in total. The van der Waals surface area contributed by atoms with E-state index in [0.717, 1.165) is 12.8 Å². The molecule has 6 heteroatoms. The highest BCUT2D eigenvalue weighted by atomic mass is 16.5. The van der Waals surface area contributed by atoms with Crippen LogP contribution < -0.4 is 14.8 Å². The highest BCUT2D eigenvalue weighted by Crippen LogP contribution is 2.28. The molecule has 1 aromatic carbocycles. The third-order valence-electron chi connectivity index (χ3n) is 3.53. The monoisotopic (exact) mass is 337 g/mol. The van der Waals surface area contributed by atoms with Crippen molar-refractivity contribution in [3.05, 3.63) is 23.8 Å². The smallest absolute Gasteiger partial charge is 0.337 e. The van der Waals surface area contributed by atoms with Crippen LogP contribution in [0, 0.1) is 5.92 Å². The first-order chi connectivity index (χ1) is 11.4. The van der Waals surface area contributed by atoms with Gasteiger partial charge < -0.3 is 19.5 Å². The molecule has 0 spiro atoms. The van der Waals surface area contributed by atoms with Gasteiger partial charge in [0.15, 0.2) is 18.1 Å². The molecule has 0 radical (unpaired) electrons. The molecule has 0 unspecified atom stereocenters. The van der Waals surface area contributed by atoms with Crippen LogP contribution in [-0.2, 0) is 9.53 Å². The molecule has 24 heavy (non-hydrogen) atoms. The molecule has 1 rings (SSSR count). The topological polar surface area (TPSA) is 73.9 Å². The van der Waals surface area contributed by atoms with Crippen molar-refractivity contribution >= 4 is 11.9 Å². The number of esters is 1. The lowest BCUT2D eigenvalue weighted by Crippen LogP contribution is -2.36. The molecule has 1 atom stereocenters. The van der Waals surface area contributed by atoms with Gasteiger partial charge in [-0.3, -0.25) is 4.79 Å². The number of benzene rings is 1. The van der Waals surface area contributed by atoms with E-state index in [4.69, 9.17) is 9.47 Å². The van der Waals surface area contributed by atoms with Crippen LogP contribution in [0.15, 0.2) is 18.2 Å². The van der Waals surface area contributed by atoms with Crippen molar-refractivity contribution in [1.29, 1.82) is 0 Å². The zero-order valence-electron chi connectivity index (χ0n) is 15.0. The lowest BCUT2D eigenvalue weighted by molar-refractivity contribution is -0.123. The molecule has 0 aliphatic heterocycles. The molecular formula is C18H27NO5. The summed E-state index contributed by atoms with van der Waals surface area (Å²) in [6.45, 7) is 6.18. The molecule has 1 amide bonds. The summed E-state index contributed by atoms with van der Waals surface area (Å²) in [5.41, 5.74) is 0.355. The Bertz CT molecular complexity index is 556. The van der Waals surface area contributed by atoms with Gasteiger partial charge in [0.1, 0.15) is 0 Å². The average Bonchev–Trinajstić information content (AvgIpc) is 2.57. The summed E-state index contributed by atoms with van der Waals surface area (Å²) in [6, 6.07) is 4.77.